The zero-order chi connectivity index (χ0) is 19.2. The quantitative estimate of drug-likeness (QED) is 0.669. The highest BCUT2D eigenvalue weighted by atomic mass is 16.8. The number of para-hydroxylation sites is 1. The molecule has 0 aliphatic carbocycles. The second-order valence-corrected chi connectivity index (χ2v) is 6.46. The summed E-state index contributed by atoms with van der Waals surface area (Å²) in [6.45, 7) is 0.596. The van der Waals surface area contributed by atoms with Crippen LogP contribution >= 0.6 is 0 Å². The zero-order valence-electron chi connectivity index (χ0n) is 15.3. The molecular weight excluding hydrogens is 354 g/mol. The molecule has 5 heteroatoms. The van der Waals surface area contributed by atoms with Crippen molar-refractivity contribution in [3.05, 3.63) is 102 Å². The van der Waals surface area contributed by atoms with Crippen LogP contribution in [-0.2, 0) is 9.57 Å². The van der Waals surface area contributed by atoms with Gasteiger partial charge in [-0.25, -0.2) is 9.90 Å². The maximum Gasteiger partial charge on any atom is 0.277 e. The van der Waals surface area contributed by atoms with E-state index in [-0.39, 0.29) is 18.6 Å². The van der Waals surface area contributed by atoms with Crippen molar-refractivity contribution < 1.29 is 19.1 Å². The maximum absolute atomic E-state index is 12.9. The van der Waals surface area contributed by atoms with Crippen LogP contribution in [0, 0.1) is 0 Å². The van der Waals surface area contributed by atoms with Crippen molar-refractivity contribution in [1.82, 2.24) is 5.06 Å². The third-order valence-electron chi connectivity index (χ3n) is 4.41. The van der Waals surface area contributed by atoms with Crippen LogP contribution in [0.4, 0.5) is 0 Å². The van der Waals surface area contributed by atoms with E-state index < -0.39 is 6.29 Å². The molecule has 0 unspecified atom stereocenters. The Bertz CT molecular complexity index is 886. The lowest BCUT2D eigenvalue weighted by molar-refractivity contribution is -0.325. The first-order valence-corrected chi connectivity index (χ1v) is 9.21. The van der Waals surface area contributed by atoms with Crippen molar-refractivity contribution >= 4 is 5.91 Å². The molecule has 2 atom stereocenters. The van der Waals surface area contributed by atoms with Crippen LogP contribution in [0.2, 0.25) is 0 Å². The Morgan fingerprint density at radius 3 is 2.18 bits per heavy atom. The molecule has 1 amide bonds. The number of hydrogen-bond donors (Lipinski definition) is 0. The van der Waals surface area contributed by atoms with Crippen molar-refractivity contribution in [3.63, 3.8) is 0 Å². The summed E-state index contributed by atoms with van der Waals surface area (Å²) < 4.78 is 11.9. The molecule has 1 aliphatic rings. The number of ether oxygens (including phenoxy) is 2. The van der Waals surface area contributed by atoms with E-state index in [4.69, 9.17) is 14.3 Å². The van der Waals surface area contributed by atoms with E-state index in [1.54, 1.807) is 12.1 Å². The van der Waals surface area contributed by atoms with Gasteiger partial charge in [0, 0.05) is 11.1 Å². The highest BCUT2D eigenvalue weighted by Crippen LogP contribution is 2.28. The second kappa shape index (κ2) is 8.69. The lowest BCUT2D eigenvalue weighted by atomic mass is 10.2. The van der Waals surface area contributed by atoms with Crippen LogP contribution in [-0.4, -0.2) is 30.2 Å². The first kappa shape index (κ1) is 18.2. The summed E-state index contributed by atoms with van der Waals surface area (Å²) in [5.41, 5.74) is 1.41. The average molecular weight is 375 g/mol. The molecule has 0 N–H and O–H groups in total. The number of carbonyl (C=O) groups excluding carboxylic acids is 1. The van der Waals surface area contributed by atoms with E-state index in [0.29, 0.717) is 12.2 Å². The lowest BCUT2D eigenvalue weighted by Crippen LogP contribution is -2.47. The second-order valence-electron chi connectivity index (χ2n) is 6.46. The summed E-state index contributed by atoms with van der Waals surface area (Å²) in [5.74, 6) is 0.560. The standard InChI is InChI=1S/C23H21NO4/c25-22(18-10-4-1-5-11-18)24-16-21(17-26-20-14-8-3-9-15-20)27-23(28-24)19-12-6-2-7-13-19/h1-15,21,23H,16-17H2/t21-,23-/m1/s1. The van der Waals surface area contributed by atoms with Crippen LogP contribution in [0.1, 0.15) is 22.2 Å². The molecule has 5 nitrogen and oxygen atoms in total. The molecule has 0 spiro atoms. The average Bonchev–Trinajstić information content (AvgIpc) is 2.79. The van der Waals surface area contributed by atoms with Gasteiger partial charge in [0.15, 0.2) is 0 Å². The van der Waals surface area contributed by atoms with Gasteiger partial charge in [-0.1, -0.05) is 66.7 Å². The first-order chi connectivity index (χ1) is 13.8. The normalized spacial score (nSPS) is 19.2. The molecule has 3 aromatic rings. The van der Waals surface area contributed by atoms with Crippen LogP contribution in [0.15, 0.2) is 91.0 Å². The lowest BCUT2D eigenvalue weighted by Gasteiger charge is -2.37. The fourth-order valence-electron chi connectivity index (χ4n) is 2.99. The summed E-state index contributed by atoms with van der Waals surface area (Å²) >= 11 is 0. The Kier molecular flexibility index (Phi) is 5.66. The number of carbonyl (C=O) groups is 1. The van der Waals surface area contributed by atoms with E-state index in [1.165, 1.54) is 5.06 Å². The molecular formula is C23H21NO4. The van der Waals surface area contributed by atoms with Gasteiger partial charge in [0.25, 0.3) is 5.91 Å². The number of amides is 1. The van der Waals surface area contributed by atoms with Gasteiger partial charge in [-0.3, -0.25) is 4.79 Å². The molecule has 142 valence electrons. The molecule has 0 radical (unpaired) electrons. The van der Waals surface area contributed by atoms with Crippen molar-refractivity contribution in [2.24, 2.45) is 0 Å². The van der Waals surface area contributed by atoms with Crippen molar-refractivity contribution in [1.29, 1.82) is 0 Å². The minimum Gasteiger partial charge on any atom is -0.491 e. The van der Waals surface area contributed by atoms with E-state index in [0.717, 1.165) is 11.3 Å². The van der Waals surface area contributed by atoms with Crippen molar-refractivity contribution in [2.45, 2.75) is 12.4 Å². The van der Waals surface area contributed by atoms with Gasteiger partial charge in [0.1, 0.15) is 18.5 Å². The van der Waals surface area contributed by atoms with E-state index >= 15 is 0 Å². The first-order valence-electron chi connectivity index (χ1n) is 9.21. The molecule has 1 saturated heterocycles. The Morgan fingerprint density at radius 1 is 0.893 bits per heavy atom. The van der Waals surface area contributed by atoms with Gasteiger partial charge >= 0.3 is 0 Å². The van der Waals surface area contributed by atoms with Gasteiger partial charge in [-0.15, -0.1) is 0 Å². The van der Waals surface area contributed by atoms with Crippen molar-refractivity contribution in [3.8, 4) is 5.75 Å². The summed E-state index contributed by atoms with van der Waals surface area (Å²) in [6, 6.07) is 28.2. The van der Waals surface area contributed by atoms with Gasteiger partial charge in [0.2, 0.25) is 6.29 Å². The molecule has 1 fully saturated rings. The Labute approximate surface area is 164 Å². The van der Waals surface area contributed by atoms with Gasteiger partial charge in [-0.2, -0.15) is 0 Å². The summed E-state index contributed by atoms with van der Waals surface area (Å²) in [4.78, 5) is 18.8. The Morgan fingerprint density at radius 2 is 1.50 bits per heavy atom. The maximum atomic E-state index is 12.9. The predicted molar refractivity (Wildman–Crippen MR) is 105 cm³/mol. The zero-order valence-corrected chi connectivity index (χ0v) is 15.3. The third-order valence-corrected chi connectivity index (χ3v) is 4.41. The molecule has 0 aromatic heterocycles. The summed E-state index contributed by atoms with van der Waals surface area (Å²) in [6.07, 6.45) is -1.00. The van der Waals surface area contributed by atoms with Crippen LogP contribution in [0.3, 0.4) is 0 Å². The largest absolute Gasteiger partial charge is 0.491 e. The summed E-state index contributed by atoms with van der Waals surface area (Å²) in [5, 5.41) is 1.37. The fourth-order valence-corrected chi connectivity index (χ4v) is 2.99. The highest BCUT2D eigenvalue weighted by Gasteiger charge is 2.33. The predicted octanol–water partition coefficient (Wildman–Crippen LogP) is 4.24. The van der Waals surface area contributed by atoms with E-state index in [2.05, 4.69) is 0 Å². The van der Waals surface area contributed by atoms with E-state index in [9.17, 15) is 4.79 Å². The molecule has 1 heterocycles. The molecule has 28 heavy (non-hydrogen) atoms. The minimum atomic E-state index is -0.674. The Balaban J connectivity index is 1.51. The summed E-state index contributed by atoms with van der Waals surface area (Å²) in [7, 11) is 0. The number of benzene rings is 3. The molecule has 1 aliphatic heterocycles. The van der Waals surface area contributed by atoms with Gasteiger partial charge in [0.05, 0.1) is 6.54 Å². The molecule has 4 rings (SSSR count). The fraction of sp³-hybridized carbons (Fsp3) is 0.174. The number of hydrogen-bond acceptors (Lipinski definition) is 4. The SMILES string of the molecule is O=C(c1ccccc1)N1C[C@H](COc2ccccc2)O[C@@H](c2ccccc2)O1. The van der Waals surface area contributed by atoms with Crippen LogP contribution in [0.5, 0.6) is 5.75 Å². The number of hydroxylamine groups is 2. The van der Waals surface area contributed by atoms with Crippen molar-refractivity contribution in [2.75, 3.05) is 13.2 Å². The molecule has 0 saturated carbocycles. The van der Waals surface area contributed by atoms with Gasteiger partial charge < -0.3 is 9.47 Å². The third kappa shape index (κ3) is 4.39. The van der Waals surface area contributed by atoms with Crippen LogP contribution in [0.25, 0.3) is 0 Å². The number of nitrogens with zero attached hydrogens (tertiary/aromatic N) is 1. The topological polar surface area (TPSA) is 48.0 Å². The molecule has 3 aromatic carbocycles. The van der Waals surface area contributed by atoms with E-state index in [1.807, 2.05) is 78.9 Å². The smallest absolute Gasteiger partial charge is 0.277 e. The number of rotatable bonds is 5. The Hall–Kier alpha value is -3.15. The molecule has 0 bridgehead atoms. The van der Waals surface area contributed by atoms with Crippen LogP contribution < -0.4 is 4.74 Å². The highest BCUT2D eigenvalue weighted by molar-refractivity contribution is 5.93. The monoisotopic (exact) mass is 375 g/mol. The van der Waals surface area contributed by atoms with Gasteiger partial charge in [-0.05, 0) is 24.3 Å². The minimum absolute atomic E-state index is 0.199.